The maximum absolute atomic E-state index is 10.9. The first kappa shape index (κ1) is 10.3. The third-order valence-corrected chi connectivity index (χ3v) is 2.59. The molecule has 1 saturated heterocycles. The van der Waals surface area contributed by atoms with Crippen molar-refractivity contribution in [2.75, 3.05) is 12.8 Å². The first-order chi connectivity index (χ1) is 5.90. The molecule has 0 aromatic carbocycles. The number of nitrogens with one attached hydrogen (secondary N) is 1. The first-order valence-corrected chi connectivity index (χ1v) is 5.82. The number of nitrogens with zero attached hydrogens (tertiary/aromatic N) is 1. The van der Waals surface area contributed by atoms with E-state index in [4.69, 9.17) is 5.73 Å². The highest BCUT2D eigenvalue weighted by Crippen LogP contribution is 2.14. The molecule has 76 valence electrons. The van der Waals surface area contributed by atoms with E-state index >= 15 is 0 Å². The van der Waals surface area contributed by atoms with Crippen LogP contribution < -0.4 is 10.5 Å². The van der Waals surface area contributed by atoms with Crippen molar-refractivity contribution in [2.24, 2.45) is 5.73 Å². The number of primary amides is 1. The Labute approximate surface area is 77.1 Å². The van der Waals surface area contributed by atoms with Gasteiger partial charge in [0, 0.05) is 6.54 Å². The van der Waals surface area contributed by atoms with Crippen LogP contribution in [0.1, 0.15) is 12.8 Å². The van der Waals surface area contributed by atoms with Crippen LogP contribution in [0.15, 0.2) is 0 Å². The highest BCUT2D eigenvalue weighted by atomic mass is 32.2. The van der Waals surface area contributed by atoms with Crippen molar-refractivity contribution in [3.05, 3.63) is 0 Å². The second-order valence-electron chi connectivity index (χ2n) is 3.08. The summed E-state index contributed by atoms with van der Waals surface area (Å²) in [5.41, 5.74) is 5.06. The Kier molecular flexibility index (Phi) is 2.77. The third-order valence-electron chi connectivity index (χ3n) is 1.89. The quantitative estimate of drug-likeness (QED) is 0.610. The van der Waals surface area contributed by atoms with Crippen LogP contribution in [0.2, 0.25) is 0 Å². The maximum Gasteiger partial charge on any atom is 0.316 e. The summed E-state index contributed by atoms with van der Waals surface area (Å²) in [6.45, 7) is 0.516. The Morgan fingerprint density at radius 3 is 2.69 bits per heavy atom. The summed E-state index contributed by atoms with van der Waals surface area (Å²) < 4.78 is 24.1. The number of urea groups is 1. The third kappa shape index (κ3) is 2.85. The van der Waals surface area contributed by atoms with Crippen molar-refractivity contribution in [1.29, 1.82) is 0 Å². The van der Waals surface area contributed by atoms with Gasteiger partial charge < -0.3 is 10.6 Å². The van der Waals surface area contributed by atoms with E-state index in [1.165, 1.54) is 4.90 Å². The molecule has 1 heterocycles. The van der Waals surface area contributed by atoms with Gasteiger partial charge in [0.15, 0.2) is 0 Å². The van der Waals surface area contributed by atoms with Gasteiger partial charge in [0.1, 0.15) is 0 Å². The number of rotatable bonds is 2. The highest BCUT2D eigenvalue weighted by molar-refractivity contribution is 7.88. The van der Waals surface area contributed by atoms with Crippen LogP contribution in [-0.2, 0) is 10.0 Å². The number of amides is 2. The molecule has 0 saturated carbocycles. The molecule has 0 bridgehead atoms. The van der Waals surface area contributed by atoms with Crippen molar-refractivity contribution < 1.29 is 13.2 Å². The minimum absolute atomic E-state index is 0.465. The van der Waals surface area contributed by atoms with Crippen LogP contribution in [0.5, 0.6) is 0 Å². The molecule has 0 aromatic heterocycles. The molecule has 1 aliphatic rings. The van der Waals surface area contributed by atoms with E-state index in [1.54, 1.807) is 0 Å². The molecule has 1 aliphatic heterocycles. The number of carbonyl (C=O) groups is 1. The largest absolute Gasteiger partial charge is 0.351 e. The average Bonchev–Trinajstić information content (AvgIpc) is 2.31. The van der Waals surface area contributed by atoms with Gasteiger partial charge in [0.2, 0.25) is 10.0 Å². The van der Waals surface area contributed by atoms with Gasteiger partial charge in [-0.1, -0.05) is 0 Å². The van der Waals surface area contributed by atoms with Crippen LogP contribution >= 0.6 is 0 Å². The van der Waals surface area contributed by atoms with Gasteiger partial charge in [-0.2, -0.15) is 4.72 Å². The summed E-state index contributed by atoms with van der Waals surface area (Å²) in [6.07, 6.45) is 1.99. The molecule has 6 nitrogen and oxygen atoms in total. The maximum atomic E-state index is 10.9. The monoisotopic (exact) mass is 207 g/mol. The molecule has 0 radical (unpaired) electrons. The molecule has 1 atom stereocenters. The predicted octanol–water partition coefficient (Wildman–Crippen LogP) is -0.964. The molecule has 0 aromatic rings. The van der Waals surface area contributed by atoms with Gasteiger partial charge in [-0.15, -0.1) is 0 Å². The molecule has 13 heavy (non-hydrogen) atoms. The SMILES string of the molecule is CS(=O)(=O)NC1CCCN1C(N)=O. The van der Waals surface area contributed by atoms with E-state index < -0.39 is 22.2 Å². The zero-order valence-corrected chi connectivity index (χ0v) is 8.17. The number of carbonyl (C=O) groups excluding carboxylic acids is 1. The van der Waals surface area contributed by atoms with E-state index in [0.29, 0.717) is 13.0 Å². The number of sulfonamides is 1. The lowest BCUT2D eigenvalue weighted by Gasteiger charge is -2.22. The Morgan fingerprint density at radius 2 is 2.23 bits per heavy atom. The molecule has 2 amide bonds. The van der Waals surface area contributed by atoms with E-state index in [-0.39, 0.29) is 0 Å². The Hall–Kier alpha value is -0.820. The zero-order valence-electron chi connectivity index (χ0n) is 7.36. The lowest BCUT2D eigenvalue weighted by molar-refractivity contribution is 0.200. The molecule has 0 spiro atoms. The predicted molar refractivity (Wildman–Crippen MR) is 47.3 cm³/mol. The summed E-state index contributed by atoms with van der Waals surface area (Å²) in [6, 6.07) is -0.585. The molecule has 7 heteroatoms. The minimum Gasteiger partial charge on any atom is -0.351 e. The van der Waals surface area contributed by atoms with Crippen LogP contribution in [-0.4, -0.2) is 38.3 Å². The minimum atomic E-state index is -3.27. The smallest absolute Gasteiger partial charge is 0.316 e. The standard InChI is InChI=1S/C6H13N3O3S/c1-13(11,12)8-5-3-2-4-9(5)6(7)10/h5,8H,2-4H2,1H3,(H2,7,10). The van der Waals surface area contributed by atoms with Crippen molar-refractivity contribution in [3.63, 3.8) is 0 Å². The van der Waals surface area contributed by atoms with Crippen LogP contribution in [0.25, 0.3) is 0 Å². The summed E-state index contributed by atoms with van der Waals surface area (Å²) in [5, 5.41) is 0. The lowest BCUT2D eigenvalue weighted by atomic mass is 10.3. The fourth-order valence-electron chi connectivity index (χ4n) is 1.40. The summed E-state index contributed by atoms with van der Waals surface area (Å²) in [7, 11) is -3.27. The van der Waals surface area contributed by atoms with Gasteiger partial charge in [0.25, 0.3) is 0 Å². The lowest BCUT2D eigenvalue weighted by Crippen LogP contribution is -2.48. The molecule has 1 fully saturated rings. The topological polar surface area (TPSA) is 92.5 Å². The van der Waals surface area contributed by atoms with Crippen molar-refractivity contribution >= 4 is 16.1 Å². The molecule has 3 N–H and O–H groups in total. The van der Waals surface area contributed by atoms with Crippen molar-refractivity contribution in [1.82, 2.24) is 9.62 Å². The van der Waals surface area contributed by atoms with Crippen molar-refractivity contribution in [3.8, 4) is 0 Å². The molecular weight excluding hydrogens is 194 g/mol. The molecule has 0 aliphatic carbocycles. The molecule has 1 unspecified atom stereocenters. The fraction of sp³-hybridized carbons (Fsp3) is 0.833. The summed E-state index contributed by atoms with van der Waals surface area (Å²) in [5.74, 6) is 0. The van der Waals surface area contributed by atoms with Gasteiger partial charge in [-0.25, -0.2) is 13.2 Å². The molecular formula is C6H13N3O3S. The van der Waals surface area contributed by atoms with Crippen LogP contribution in [0.3, 0.4) is 0 Å². The number of likely N-dealkylation sites (tertiary alicyclic amines) is 1. The van der Waals surface area contributed by atoms with E-state index in [2.05, 4.69) is 4.72 Å². The Balaban J connectivity index is 2.64. The Bertz CT molecular complexity index is 300. The second kappa shape index (κ2) is 3.51. The normalized spacial score (nSPS) is 23.5. The number of nitrogens with two attached hydrogens (primary N) is 1. The van der Waals surface area contributed by atoms with Gasteiger partial charge in [0.05, 0.1) is 12.4 Å². The first-order valence-electron chi connectivity index (χ1n) is 3.93. The zero-order chi connectivity index (χ0) is 10.1. The van der Waals surface area contributed by atoms with E-state index in [0.717, 1.165) is 12.7 Å². The summed E-state index contributed by atoms with van der Waals surface area (Å²) in [4.78, 5) is 12.1. The average molecular weight is 207 g/mol. The van der Waals surface area contributed by atoms with Crippen molar-refractivity contribution in [2.45, 2.75) is 19.0 Å². The van der Waals surface area contributed by atoms with Crippen LogP contribution in [0, 0.1) is 0 Å². The second-order valence-corrected chi connectivity index (χ2v) is 4.86. The molecule has 1 rings (SSSR count). The summed E-state index contributed by atoms with van der Waals surface area (Å²) >= 11 is 0. The number of hydrogen-bond acceptors (Lipinski definition) is 3. The van der Waals surface area contributed by atoms with Gasteiger partial charge in [-0.3, -0.25) is 0 Å². The van der Waals surface area contributed by atoms with Gasteiger partial charge >= 0.3 is 6.03 Å². The van der Waals surface area contributed by atoms with Crippen LogP contribution in [0.4, 0.5) is 4.79 Å². The fourth-order valence-corrected chi connectivity index (χ4v) is 2.14. The van der Waals surface area contributed by atoms with E-state index in [9.17, 15) is 13.2 Å². The van der Waals surface area contributed by atoms with E-state index in [1.807, 2.05) is 0 Å². The highest BCUT2D eigenvalue weighted by Gasteiger charge is 2.28. The number of hydrogen-bond donors (Lipinski definition) is 2. The van der Waals surface area contributed by atoms with Gasteiger partial charge in [-0.05, 0) is 12.8 Å². The Morgan fingerprint density at radius 1 is 1.62 bits per heavy atom.